The molecule has 11 heteroatoms. The van der Waals surface area contributed by atoms with Gasteiger partial charge in [0.2, 0.25) is 23.6 Å². The van der Waals surface area contributed by atoms with Crippen molar-refractivity contribution in [3.63, 3.8) is 0 Å². The molecule has 0 aliphatic heterocycles. The SMILES string of the molecule is CC(NC(=O)C(CC(N)=O)NC(=O)C(N)C(C)C)C(=O)NCC(=O)O. The first-order valence-corrected chi connectivity index (χ1v) is 7.59. The van der Waals surface area contributed by atoms with Crippen LogP contribution in [0.5, 0.6) is 0 Å². The fourth-order valence-corrected chi connectivity index (χ4v) is 1.68. The molecule has 0 aliphatic carbocycles. The molecule has 0 aliphatic rings. The Balaban J connectivity index is 4.88. The number of primary amides is 1. The number of carboxylic acids is 1. The van der Waals surface area contributed by atoms with E-state index in [4.69, 9.17) is 16.6 Å². The summed E-state index contributed by atoms with van der Waals surface area (Å²) in [6.45, 7) is 4.13. The van der Waals surface area contributed by atoms with Crippen LogP contribution in [0.2, 0.25) is 0 Å². The topological polar surface area (TPSA) is 194 Å². The number of nitrogens with two attached hydrogens (primary N) is 2. The molecule has 0 rings (SSSR count). The Morgan fingerprint density at radius 2 is 1.52 bits per heavy atom. The van der Waals surface area contributed by atoms with Gasteiger partial charge in [-0.05, 0) is 12.8 Å². The van der Waals surface area contributed by atoms with Crippen LogP contribution in [0.4, 0.5) is 0 Å². The van der Waals surface area contributed by atoms with Crippen LogP contribution in [0.25, 0.3) is 0 Å². The van der Waals surface area contributed by atoms with Gasteiger partial charge in [0, 0.05) is 0 Å². The third-order valence-electron chi connectivity index (χ3n) is 3.23. The van der Waals surface area contributed by atoms with Gasteiger partial charge in [-0.1, -0.05) is 13.8 Å². The second-order valence-corrected chi connectivity index (χ2v) is 5.84. The maximum absolute atomic E-state index is 12.2. The molecule has 11 nitrogen and oxygen atoms in total. The van der Waals surface area contributed by atoms with Gasteiger partial charge in [-0.2, -0.15) is 0 Å². The highest BCUT2D eigenvalue weighted by atomic mass is 16.4. The van der Waals surface area contributed by atoms with Gasteiger partial charge in [-0.3, -0.25) is 24.0 Å². The first-order valence-electron chi connectivity index (χ1n) is 7.59. The number of hydrogen-bond acceptors (Lipinski definition) is 6. The third-order valence-corrected chi connectivity index (χ3v) is 3.23. The van der Waals surface area contributed by atoms with E-state index in [0.29, 0.717) is 0 Å². The van der Waals surface area contributed by atoms with E-state index in [1.807, 2.05) is 0 Å². The number of hydrogen-bond donors (Lipinski definition) is 6. The molecule has 0 aromatic heterocycles. The number of aliphatic carboxylic acids is 1. The summed E-state index contributed by atoms with van der Waals surface area (Å²) in [6.07, 6.45) is -0.480. The predicted octanol–water partition coefficient (Wildman–Crippen LogP) is -2.96. The minimum atomic E-state index is -1.30. The lowest BCUT2D eigenvalue weighted by Crippen LogP contribution is -2.56. The fourth-order valence-electron chi connectivity index (χ4n) is 1.68. The molecule has 0 radical (unpaired) electrons. The van der Waals surface area contributed by atoms with Gasteiger partial charge >= 0.3 is 5.97 Å². The van der Waals surface area contributed by atoms with Crippen molar-refractivity contribution in [2.75, 3.05) is 6.54 Å². The summed E-state index contributed by atoms with van der Waals surface area (Å²) in [4.78, 5) is 57.3. The standard InChI is InChI=1S/C14H25N5O6/c1-6(2)11(16)14(25)19-8(4-9(15)20)13(24)18-7(3)12(23)17-5-10(21)22/h6-8,11H,4-5,16H2,1-3H3,(H2,15,20)(H,17,23)(H,18,24)(H,19,25)(H,21,22). The lowest BCUT2D eigenvalue weighted by atomic mass is 10.0. The molecule has 0 saturated carbocycles. The average Bonchev–Trinajstić information content (AvgIpc) is 2.49. The van der Waals surface area contributed by atoms with E-state index in [9.17, 15) is 24.0 Å². The molecule has 0 spiro atoms. The van der Waals surface area contributed by atoms with Crippen molar-refractivity contribution in [2.24, 2.45) is 17.4 Å². The minimum Gasteiger partial charge on any atom is -0.480 e. The van der Waals surface area contributed by atoms with E-state index >= 15 is 0 Å². The molecule has 8 N–H and O–H groups in total. The maximum Gasteiger partial charge on any atom is 0.322 e. The quantitative estimate of drug-likeness (QED) is 0.239. The highest BCUT2D eigenvalue weighted by Crippen LogP contribution is 2.01. The molecule has 0 aromatic rings. The molecule has 0 heterocycles. The zero-order valence-electron chi connectivity index (χ0n) is 14.4. The second kappa shape index (κ2) is 10.2. The van der Waals surface area contributed by atoms with Gasteiger partial charge < -0.3 is 32.5 Å². The molecular formula is C14H25N5O6. The molecular weight excluding hydrogens is 334 g/mol. The molecule has 3 atom stereocenters. The van der Waals surface area contributed by atoms with Crippen molar-refractivity contribution >= 4 is 29.6 Å². The number of nitrogens with one attached hydrogen (secondary N) is 3. The highest BCUT2D eigenvalue weighted by Gasteiger charge is 2.28. The third kappa shape index (κ3) is 8.65. The maximum atomic E-state index is 12.2. The molecule has 142 valence electrons. The number of carbonyl (C=O) groups excluding carboxylic acids is 4. The number of carbonyl (C=O) groups is 5. The number of rotatable bonds is 10. The summed E-state index contributed by atoms with van der Waals surface area (Å²) < 4.78 is 0. The van der Waals surface area contributed by atoms with Gasteiger partial charge in [0.05, 0.1) is 12.5 Å². The van der Waals surface area contributed by atoms with E-state index in [1.54, 1.807) is 13.8 Å². The van der Waals surface area contributed by atoms with Crippen LogP contribution in [0.3, 0.4) is 0 Å². The Morgan fingerprint density at radius 1 is 0.960 bits per heavy atom. The molecule has 0 bridgehead atoms. The smallest absolute Gasteiger partial charge is 0.322 e. The summed E-state index contributed by atoms with van der Waals surface area (Å²) in [5, 5.41) is 15.2. The Labute approximate surface area is 144 Å². The first kappa shape index (κ1) is 22.3. The van der Waals surface area contributed by atoms with Gasteiger partial charge in [0.25, 0.3) is 0 Å². The Hall–Kier alpha value is -2.69. The van der Waals surface area contributed by atoms with E-state index in [-0.39, 0.29) is 5.92 Å². The molecule has 0 saturated heterocycles. The van der Waals surface area contributed by atoms with Crippen LogP contribution in [-0.4, -0.2) is 59.4 Å². The van der Waals surface area contributed by atoms with Gasteiger partial charge in [0.1, 0.15) is 18.6 Å². The number of carboxylic acid groups (broad SMARTS) is 1. The van der Waals surface area contributed by atoms with Crippen molar-refractivity contribution in [2.45, 2.75) is 45.3 Å². The van der Waals surface area contributed by atoms with Crippen LogP contribution >= 0.6 is 0 Å². The van der Waals surface area contributed by atoms with Crippen LogP contribution in [-0.2, 0) is 24.0 Å². The monoisotopic (exact) mass is 359 g/mol. The summed E-state index contributed by atoms with van der Waals surface area (Å²) >= 11 is 0. The lowest BCUT2D eigenvalue weighted by Gasteiger charge is -2.22. The van der Waals surface area contributed by atoms with Crippen molar-refractivity contribution in [1.82, 2.24) is 16.0 Å². The fraction of sp³-hybridized carbons (Fsp3) is 0.643. The predicted molar refractivity (Wildman–Crippen MR) is 86.8 cm³/mol. The van der Waals surface area contributed by atoms with E-state index < -0.39 is 60.7 Å². The van der Waals surface area contributed by atoms with Crippen molar-refractivity contribution in [1.29, 1.82) is 0 Å². The van der Waals surface area contributed by atoms with E-state index in [0.717, 1.165) is 0 Å². The van der Waals surface area contributed by atoms with E-state index in [2.05, 4.69) is 16.0 Å². The van der Waals surface area contributed by atoms with E-state index in [1.165, 1.54) is 6.92 Å². The Morgan fingerprint density at radius 3 is 1.96 bits per heavy atom. The molecule has 4 amide bonds. The zero-order valence-corrected chi connectivity index (χ0v) is 14.4. The van der Waals surface area contributed by atoms with Gasteiger partial charge in [-0.25, -0.2) is 0 Å². The zero-order chi connectivity index (χ0) is 19.7. The minimum absolute atomic E-state index is 0.196. The van der Waals surface area contributed by atoms with Gasteiger partial charge in [0.15, 0.2) is 0 Å². The van der Waals surface area contributed by atoms with Crippen molar-refractivity contribution in [3.05, 3.63) is 0 Å². The highest BCUT2D eigenvalue weighted by molar-refractivity contribution is 5.95. The van der Waals surface area contributed by atoms with Crippen LogP contribution in [0.15, 0.2) is 0 Å². The van der Waals surface area contributed by atoms with Crippen molar-refractivity contribution in [3.8, 4) is 0 Å². The Kier molecular flexibility index (Phi) is 9.13. The normalized spacial score (nSPS) is 14.1. The molecule has 0 aromatic carbocycles. The van der Waals surface area contributed by atoms with Crippen LogP contribution in [0.1, 0.15) is 27.2 Å². The lowest BCUT2D eigenvalue weighted by molar-refractivity contribution is -0.138. The molecule has 3 unspecified atom stereocenters. The summed E-state index contributed by atoms with van der Waals surface area (Å²) in [7, 11) is 0. The van der Waals surface area contributed by atoms with Gasteiger partial charge in [-0.15, -0.1) is 0 Å². The first-order chi connectivity index (χ1) is 11.5. The molecule has 25 heavy (non-hydrogen) atoms. The summed E-state index contributed by atoms with van der Waals surface area (Å²) in [6, 6.07) is -3.28. The van der Waals surface area contributed by atoms with Crippen LogP contribution in [0, 0.1) is 5.92 Å². The summed E-state index contributed by atoms with van der Waals surface area (Å²) in [5.41, 5.74) is 10.7. The van der Waals surface area contributed by atoms with Crippen molar-refractivity contribution < 1.29 is 29.1 Å². The number of amides is 4. The summed E-state index contributed by atoms with van der Waals surface area (Å²) in [5.74, 6) is -4.47. The largest absolute Gasteiger partial charge is 0.480 e. The molecule has 0 fully saturated rings. The Bertz CT molecular complexity index is 536. The van der Waals surface area contributed by atoms with Crippen LogP contribution < -0.4 is 27.4 Å². The average molecular weight is 359 g/mol. The second-order valence-electron chi connectivity index (χ2n) is 5.84.